The molecule has 2 heterocycles. The predicted octanol–water partition coefficient (Wildman–Crippen LogP) is 4.30. The number of anilines is 1. The van der Waals surface area contributed by atoms with Gasteiger partial charge in [0.15, 0.2) is 5.13 Å². The lowest BCUT2D eigenvalue weighted by Crippen LogP contribution is -2.26. The van der Waals surface area contributed by atoms with Crippen molar-refractivity contribution < 1.29 is 0 Å². The molecule has 21 heavy (non-hydrogen) atoms. The molecule has 1 aliphatic heterocycles. The molecule has 0 aromatic carbocycles. The standard InChI is InChI=1S/C17H31N3S/c1-5-9-18-12-15-13-21-16(19-15)20-10-6-7-14(8-11-20)17(2,3)4/h13-14,18H,5-12H2,1-4H3. The first kappa shape index (κ1) is 16.8. The first-order valence-electron chi connectivity index (χ1n) is 8.40. The average Bonchev–Trinajstić information content (AvgIpc) is 2.73. The SMILES string of the molecule is CCCNCc1csc(N2CCCC(C(C)(C)C)CC2)n1. The van der Waals surface area contributed by atoms with E-state index in [-0.39, 0.29) is 0 Å². The molecule has 0 amide bonds. The van der Waals surface area contributed by atoms with Crippen LogP contribution >= 0.6 is 11.3 Å². The maximum Gasteiger partial charge on any atom is 0.185 e. The van der Waals surface area contributed by atoms with Gasteiger partial charge in [-0.25, -0.2) is 4.98 Å². The summed E-state index contributed by atoms with van der Waals surface area (Å²) < 4.78 is 0. The Hall–Kier alpha value is -0.610. The molecule has 1 N–H and O–H groups in total. The summed E-state index contributed by atoms with van der Waals surface area (Å²) in [5, 5.41) is 6.87. The summed E-state index contributed by atoms with van der Waals surface area (Å²) in [6.45, 7) is 13.7. The Bertz CT molecular complexity index is 422. The smallest absolute Gasteiger partial charge is 0.185 e. The van der Waals surface area contributed by atoms with E-state index < -0.39 is 0 Å². The highest BCUT2D eigenvalue weighted by molar-refractivity contribution is 7.13. The predicted molar refractivity (Wildman–Crippen MR) is 93.1 cm³/mol. The quantitative estimate of drug-likeness (QED) is 0.822. The van der Waals surface area contributed by atoms with E-state index in [0.29, 0.717) is 5.41 Å². The number of hydrogen-bond acceptors (Lipinski definition) is 4. The van der Waals surface area contributed by atoms with Gasteiger partial charge in [-0.3, -0.25) is 0 Å². The number of thiazole rings is 1. The lowest BCUT2D eigenvalue weighted by Gasteiger charge is -2.29. The van der Waals surface area contributed by atoms with Gasteiger partial charge in [0.25, 0.3) is 0 Å². The second-order valence-corrected chi connectivity index (χ2v) is 8.12. The summed E-state index contributed by atoms with van der Waals surface area (Å²) in [7, 11) is 0. The fourth-order valence-corrected chi connectivity index (χ4v) is 3.95. The number of rotatable bonds is 5. The minimum absolute atomic E-state index is 0.439. The van der Waals surface area contributed by atoms with Crippen LogP contribution in [0.2, 0.25) is 0 Å². The average molecular weight is 310 g/mol. The Morgan fingerprint density at radius 3 is 2.86 bits per heavy atom. The Labute approximate surface area is 134 Å². The fourth-order valence-electron chi connectivity index (χ4n) is 3.07. The van der Waals surface area contributed by atoms with Gasteiger partial charge in [-0.15, -0.1) is 11.3 Å². The summed E-state index contributed by atoms with van der Waals surface area (Å²) >= 11 is 1.81. The van der Waals surface area contributed by atoms with Gasteiger partial charge < -0.3 is 10.2 Å². The summed E-state index contributed by atoms with van der Waals surface area (Å²) in [6.07, 6.45) is 5.13. The molecule has 0 saturated carbocycles. The maximum atomic E-state index is 4.82. The van der Waals surface area contributed by atoms with Gasteiger partial charge >= 0.3 is 0 Å². The van der Waals surface area contributed by atoms with Gasteiger partial charge in [-0.05, 0) is 43.6 Å². The van der Waals surface area contributed by atoms with Crippen LogP contribution in [0.1, 0.15) is 59.1 Å². The van der Waals surface area contributed by atoms with Crippen LogP contribution in [0.15, 0.2) is 5.38 Å². The Morgan fingerprint density at radius 2 is 2.14 bits per heavy atom. The van der Waals surface area contributed by atoms with Crippen LogP contribution in [0.25, 0.3) is 0 Å². The van der Waals surface area contributed by atoms with Gasteiger partial charge in [0, 0.05) is 25.0 Å². The van der Waals surface area contributed by atoms with Crippen LogP contribution in [0, 0.1) is 11.3 Å². The third-order valence-corrected chi connectivity index (χ3v) is 5.45. The van der Waals surface area contributed by atoms with E-state index >= 15 is 0 Å². The third kappa shape index (κ3) is 4.96. The lowest BCUT2D eigenvalue weighted by atomic mass is 9.77. The topological polar surface area (TPSA) is 28.2 Å². The van der Waals surface area contributed by atoms with Crippen molar-refractivity contribution in [2.75, 3.05) is 24.5 Å². The molecule has 0 radical (unpaired) electrons. The largest absolute Gasteiger partial charge is 0.348 e. The molecule has 4 heteroatoms. The molecule has 1 saturated heterocycles. The minimum atomic E-state index is 0.439. The van der Waals surface area contributed by atoms with E-state index in [2.05, 4.69) is 43.3 Å². The molecular weight excluding hydrogens is 278 g/mol. The van der Waals surface area contributed by atoms with Gasteiger partial charge in [0.2, 0.25) is 0 Å². The van der Waals surface area contributed by atoms with E-state index in [1.165, 1.54) is 43.1 Å². The Balaban J connectivity index is 1.90. The first-order valence-corrected chi connectivity index (χ1v) is 9.28. The van der Waals surface area contributed by atoms with E-state index in [0.717, 1.165) is 25.6 Å². The second-order valence-electron chi connectivity index (χ2n) is 7.28. The number of nitrogens with zero attached hydrogens (tertiary/aromatic N) is 2. The zero-order valence-corrected chi connectivity index (χ0v) is 14.9. The van der Waals surface area contributed by atoms with Crippen molar-refractivity contribution in [2.24, 2.45) is 11.3 Å². The molecular formula is C17H31N3S. The monoisotopic (exact) mass is 309 g/mol. The molecule has 120 valence electrons. The highest BCUT2D eigenvalue weighted by Gasteiger charge is 2.27. The molecule has 0 aliphatic carbocycles. The molecule has 1 aromatic rings. The number of hydrogen-bond donors (Lipinski definition) is 1. The molecule has 0 spiro atoms. The normalized spacial score (nSPS) is 20.6. The number of aromatic nitrogens is 1. The van der Waals surface area contributed by atoms with Crippen LogP contribution in [0.4, 0.5) is 5.13 Å². The summed E-state index contributed by atoms with van der Waals surface area (Å²) in [6, 6.07) is 0. The van der Waals surface area contributed by atoms with Crippen molar-refractivity contribution in [1.82, 2.24) is 10.3 Å². The van der Waals surface area contributed by atoms with E-state index in [4.69, 9.17) is 4.98 Å². The summed E-state index contributed by atoms with van der Waals surface area (Å²) in [5.41, 5.74) is 1.63. The minimum Gasteiger partial charge on any atom is -0.348 e. The van der Waals surface area contributed by atoms with Gasteiger partial charge in [-0.1, -0.05) is 27.7 Å². The van der Waals surface area contributed by atoms with Crippen molar-refractivity contribution in [3.8, 4) is 0 Å². The Kier molecular flexibility index (Phi) is 6.06. The first-order chi connectivity index (χ1) is 10.0. The van der Waals surface area contributed by atoms with Crippen LogP contribution in [0.3, 0.4) is 0 Å². The van der Waals surface area contributed by atoms with Crippen LogP contribution in [0.5, 0.6) is 0 Å². The van der Waals surface area contributed by atoms with Gasteiger partial charge in [-0.2, -0.15) is 0 Å². The van der Waals surface area contributed by atoms with E-state index in [9.17, 15) is 0 Å². The molecule has 1 fully saturated rings. The fraction of sp³-hybridized carbons (Fsp3) is 0.824. The molecule has 1 unspecified atom stereocenters. The summed E-state index contributed by atoms with van der Waals surface area (Å²) in [4.78, 5) is 7.32. The van der Waals surface area contributed by atoms with Crippen molar-refractivity contribution >= 4 is 16.5 Å². The molecule has 1 aromatic heterocycles. The zero-order valence-electron chi connectivity index (χ0n) is 14.1. The second kappa shape index (κ2) is 7.59. The molecule has 1 aliphatic rings. The zero-order chi connectivity index (χ0) is 15.3. The van der Waals surface area contributed by atoms with Crippen molar-refractivity contribution in [1.29, 1.82) is 0 Å². The van der Waals surface area contributed by atoms with Crippen LogP contribution in [-0.4, -0.2) is 24.6 Å². The molecule has 0 bridgehead atoms. The molecule has 3 nitrogen and oxygen atoms in total. The van der Waals surface area contributed by atoms with Crippen molar-refractivity contribution in [2.45, 2.75) is 59.9 Å². The third-order valence-electron chi connectivity index (χ3n) is 4.50. The number of nitrogens with one attached hydrogen (secondary N) is 1. The highest BCUT2D eigenvalue weighted by Crippen LogP contribution is 2.35. The molecule has 1 atom stereocenters. The van der Waals surface area contributed by atoms with Crippen molar-refractivity contribution in [3.05, 3.63) is 11.1 Å². The van der Waals surface area contributed by atoms with Gasteiger partial charge in [0.1, 0.15) is 0 Å². The lowest BCUT2D eigenvalue weighted by molar-refractivity contribution is 0.220. The van der Waals surface area contributed by atoms with Crippen molar-refractivity contribution in [3.63, 3.8) is 0 Å². The van der Waals surface area contributed by atoms with E-state index in [1.807, 2.05) is 0 Å². The van der Waals surface area contributed by atoms with E-state index in [1.54, 1.807) is 11.3 Å². The summed E-state index contributed by atoms with van der Waals surface area (Å²) in [5.74, 6) is 0.841. The maximum absolute atomic E-state index is 4.82. The molecule has 2 rings (SSSR count). The van der Waals surface area contributed by atoms with Crippen LogP contribution < -0.4 is 10.2 Å². The Morgan fingerprint density at radius 1 is 1.33 bits per heavy atom. The van der Waals surface area contributed by atoms with Crippen LogP contribution in [-0.2, 0) is 6.54 Å². The van der Waals surface area contributed by atoms with Gasteiger partial charge in [0.05, 0.1) is 5.69 Å². The highest BCUT2D eigenvalue weighted by atomic mass is 32.1.